The van der Waals surface area contributed by atoms with Gasteiger partial charge in [-0.3, -0.25) is 0 Å². The molecule has 0 saturated carbocycles. The predicted molar refractivity (Wildman–Crippen MR) is 97.6 cm³/mol. The van der Waals surface area contributed by atoms with E-state index in [1.54, 1.807) is 0 Å². The second-order valence-corrected chi connectivity index (χ2v) is 8.23. The summed E-state index contributed by atoms with van der Waals surface area (Å²) < 4.78 is 0. The molecule has 0 bridgehead atoms. The van der Waals surface area contributed by atoms with Gasteiger partial charge in [0.25, 0.3) is 0 Å². The first-order valence-corrected chi connectivity index (χ1v) is 9.43. The lowest BCUT2D eigenvalue weighted by molar-refractivity contribution is 0.794. The highest BCUT2D eigenvalue weighted by Gasteiger charge is 2.04. The first-order valence-electron chi connectivity index (χ1n) is 7.56. The lowest BCUT2D eigenvalue weighted by atomic mass is 10.2. The summed E-state index contributed by atoms with van der Waals surface area (Å²) in [6.07, 6.45) is 2.55. The lowest BCUT2D eigenvalue weighted by Gasteiger charge is -2.11. The predicted octanol–water partition coefficient (Wildman–Crippen LogP) is 6.36. The largest absolute Gasteiger partial charge is 0.126 e. The second kappa shape index (κ2) is 8.55. The van der Waals surface area contributed by atoms with Crippen LogP contribution in [0.4, 0.5) is 0 Å². The molecule has 21 heavy (non-hydrogen) atoms. The third-order valence-corrected chi connectivity index (χ3v) is 5.68. The van der Waals surface area contributed by atoms with Crippen LogP contribution in [-0.2, 0) is 0 Å². The van der Waals surface area contributed by atoms with Gasteiger partial charge in [-0.1, -0.05) is 42.3 Å². The highest BCUT2D eigenvalue weighted by molar-refractivity contribution is 8.00. The molecule has 0 N–H and O–H groups in total. The maximum absolute atomic E-state index is 2.33. The van der Waals surface area contributed by atoms with E-state index < -0.39 is 0 Å². The summed E-state index contributed by atoms with van der Waals surface area (Å²) in [5.74, 6) is 1.21. The Bertz CT molecular complexity index is 528. The molecule has 2 heteroatoms. The van der Waals surface area contributed by atoms with Crippen LogP contribution in [0.3, 0.4) is 0 Å². The molecule has 0 aliphatic rings. The highest BCUT2D eigenvalue weighted by atomic mass is 32.2. The minimum absolute atomic E-state index is 0.686. The fourth-order valence-electron chi connectivity index (χ4n) is 2.10. The van der Waals surface area contributed by atoms with Gasteiger partial charge < -0.3 is 0 Å². The molecule has 0 aliphatic heterocycles. The molecule has 0 aromatic heterocycles. The minimum atomic E-state index is 0.686. The number of aryl methyl sites for hydroxylation is 2. The first kappa shape index (κ1) is 16.5. The number of hydrogen-bond acceptors (Lipinski definition) is 2. The number of thioether (sulfide) groups is 2. The molecule has 0 amide bonds. The molecule has 0 radical (unpaired) electrons. The smallest absolute Gasteiger partial charge is 0.00748 e. The van der Waals surface area contributed by atoms with Crippen molar-refractivity contribution in [2.24, 2.45) is 0 Å². The topological polar surface area (TPSA) is 0 Å². The monoisotopic (exact) mass is 316 g/mol. The van der Waals surface area contributed by atoms with Crippen LogP contribution >= 0.6 is 23.5 Å². The van der Waals surface area contributed by atoms with Gasteiger partial charge in [-0.25, -0.2) is 0 Å². The summed E-state index contributed by atoms with van der Waals surface area (Å²) in [7, 11) is 0. The normalized spacial score (nSPS) is 12.3. The van der Waals surface area contributed by atoms with Crippen LogP contribution in [0.5, 0.6) is 0 Å². The van der Waals surface area contributed by atoms with Crippen LogP contribution in [0.15, 0.2) is 58.3 Å². The number of hydrogen-bond donors (Lipinski definition) is 0. The van der Waals surface area contributed by atoms with E-state index in [4.69, 9.17) is 0 Å². The van der Waals surface area contributed by atoms with E-state index in [0.29, 0.717) is 5.25 Å². The Labute approximate surface area is 137 Å². The van der Waals surface area contributed by atoms with Crippen molar-refractivity contribution in [3.05, 3.63) is 59.7 Å². The summed E-state index contributed by atoms with van der Waals surface area (Å²) in [4.78, 5) is 2.78. The summed E-state index contributed by atoms with van der Waals surface area (Å²) in [6.45, 7) is 6.61. The van der Waals surface area contributed by atoms with Gasteiger partial charge in [0.1, 0.15) is 0 Å². The van der Waals surface area contributed by atoms with Gasteiger partial charge >= 0.3 is 0 Å². The van der Waals surface area contributed by atoms with Gasteiger partial charge in [0.15, 0.2) is 0 Å². The molecular formula is C19H24S2. The molecule has 0 aliphatic carbocycles. The molecule has 1 unspecified atom stereocenters. The van der Waals surface area contributed by atoms with Crippen molar-refractivity contribution in [2.45, 2.75) is 48.7 Å². The van der Waals surface area contributed by atoms with Crippen LogP contribution in [-0.4, -0.2) is 11.0 Å². The summed E-state index contributed by atoms with van der Waals surface area (Å²) in [6, 6.07) is 17.7. The molecule has 2 aromatic carbocycles. The van der Waals surface area contributed by atoms with Crippen molar-refractivity contribution in [3.8, 4) is 0 Å². The number of benzene rings is 2. The summed E-state index contributed by atoms with van der Waals surface area (Å²) in [5.41, 5.74) is 2.67. The zero-order valence-corrected chi connectivity index (χ0v) is 14.8. The summed E-state index contributed by atoms with van der Waals surface area (Å²) in [5, 5.41) is 0.686. The van der Waals surface area contributed by atoms with Crippen molar-refractivity contribution in [1.29, 1.82) is 0 Å². The van der Waals surface area contributed by atoms with Crippen molar-refractivity contribution in [2.75, 3.05) is 5.75 Å². The molecule has 0 nitrogen and oxygen atoms in total. The minimum Gasteiger partial charge on any atom is -0.126 e. The molecule has 1 atom stereocenters. The van der Waals surface area contributed by atoms with Crippen LogP contribution in [0.2, 0.25) is 0 Å². The van der Waals surface area contributed by atoms with Gasteiger partial charge in [-0.2, -0.15) is 0 Å². The Morgan fingerprint density at radius 2 is 1.33 bits per heavy atom. The maximum atomic E-state index is 2.33. The van der Waals surface area contributed by atoms with Crippen molar-refractivity contribution in [1.82, 2.24) is 0 Å². The molecule has 2 aromatic rings. The van der Waals surface area contributed by atoms with E-state index in [-0.39, 0.29) is 0 Å². The molecule has 2 rings (SSSR count). The van der Waals surface area contributed by atoms with E-state index in [0.717, 1.165) is 0 Å². The Balaban J connectivity index is 1.66. The van der Waals surface area contributed by atoms with Crippen LogP contribution < -0.4 is 0 Å². The third-order valence-electron chi connectivity index (χ3n) is 3.40. The summed E-state index contributed by atoms with van der Waals surface area (Å²) >= 11 is 3.96. The Morgan fingerprint density at radius 1 is 0.810 bits per heavy atom. The van der Waals surface area contributed by atoms with E-state index in [1.165, 1.54) is 39.5 Å². The second-order valence-electron chi connectivity index (χ2n) is 5.55. The average Bonchev–Trinajstić information content (AvgIpc) is 2.48. The molecule has 0 spiro atoms. The molecule has 112 valence electrons. The Hall–Kier alpha value is -0.860. The molecular weight excluding hydrogens is 292 g/mol. The van der Waals surface area contributed by atoms with Gasteiger partial charge in [-0.15, -0.1) is 23.5 Å². The fourth-order valence-corrected chi connectivity index (χ4v) is 4.02. The van der Waals surface area contributed by atoms with E-state index in [2.05, 4.69) is 69.3 Å². The lowest BCUT2D eigenvalue weighted by Crippen LogP contribution is -1.96. The highest BCUT2D eigenvalue weighted by Crippen LogP contribution is 2.27. The van der Waals surface area contributed by atoms with Crippen LogP contribution in [0, 0.1) is 13.8 Å². The van der Waals surface area contributed by atoms with Gasteiger partial charge in [-0.05, 0) is 56.7 Å². The number of rotatable bonds is 7. The van der Waals surface area contributed by atoms with E-state index in [9.17, 15) is 0 Å². The zero-order valence-electron chi connectivity index (χ0n) is 13.1. The SMILES string of the molecule is Cc1ccc(SCCCC(C)Sc2ccc(C)cc2)cc1. The molecule has 0 saturated heterocycles. The zero-order chi connectivity index (χ0) is 15.1. The van der Waals surface area contributed by atoms with Crippen molar-refractivity contribution >= 4 is 23.5 Å². The third kappa shape index (κ3) is 6.19. The van der Waals surface area contributed by atoms with Crippen molar-refractivity contribution in [3.63, 3.8) is 0 Å². The maximum Gasteiger partial charge on any atom is 0.00748 e. The Kier molecular flexibility index (Phi) is 6.72. The van der Waals surface area contributed by atoms with Gasteiger partial charge in [0.2, 0.25) is 0 Å². The van der Waals surface area contributed by atoms with Gasteiger partial charge in [0.05, 0.1) is 0 Å². The average molecular weight is 317 g/mol. The molecule has 0 heterocycles. The van der Waals surface area contributed by atoms with Gasteiger partial charge in [0, 0.05) is 15.0 Å². The van der Waals surface area contributed by atoms with Crippen LogP contribution in [0.25, 0.3) is 0 Å². The standard InChI is InChI=1S/C19H24S2/c1-15-6-10-18(11-7-15)20-14-4-5-17(3)21-19-12-8-16(2)9-13-19/h6-13,17H,4-5,14H2,1-3H3. The molecule has 0 fully saturated rings. The fraction of sp³-hybridized carbons (Fsp3) is 0.368. The van der Waals surface area contributed by atoms with E-state index in [1.807, 2.05) is 23.5 Å². The quantitative estimate of drug-likeness (QED) is 0.431. The van der Waals surface area contributed by atoms with Crippen molar-refractivity contribution < 1.29 is 0 Å². The van der Waals surface area contributed by atoms with Crippen LogP contribution in [0.1, 0.15) is 30.9 Å². The Morgan fingerprint density at radius 3 is 1.90 bits per heavy atom. The van der Waals surface area contributed by atoms with E-state index >= 15 is 0 Å². The first-order chi connectivity index (χ1) is 10.1.